The first kappa shape index (κ1) is 19.3. The number of carbonyl (C=O) groups excluding carboxylic acids is 2. The predicted octanol–water partition coefficient (Wildman–Crippen LogP) is 3.77. The van der Waals surface area contributed by atoms with Gasteiger partial charge >= 0.3 is 0 Å². The number of benzene rings is 1. The van der Waals surface area contributed by atoms with Crippen LogP contribution in [0.4, 0.5) is 0 Å². The Morgan fingerprint density at radius 1 is 1.00 bits per heavy atom. The van der Waals surface area contributed by atoms with Crippen molar-refractivity contribution in [3.8, 4) is 5.75 Å². The first-order chi connectivity index (χ1) is 13.5. The standard InChI is InChI=1S/C23H32N2O3/c1-2-28-20-6-4-3-5-19(20)7-8-21(26)24-25-22(27)15-23-12-16-9-17(13-23)11-18(10-16)14-23/h3-6,16-18H,2,7-15H2,1H3,(H,24,26)(H,25,27). The highest BCUT2D eigenvalue weighted by Crippen LogP contribution is 2.61. The van der Waals surface area contributed by atoms with E-state index in [4.69, 9.17) is 4.74 Å². The van der Waals surface area contributed by atoms with Crippen LogP contribution < -0.4 is 15.6 Å². The average molecular weight is 385 g/mol. The van der Waals surface area contributed by atoms with E-state index in [1.165, 1.54) is 38.5 Å². The molecule has 4 aliphatic carbocycles. The van der Waals surface area contributed by atoms with Crippen LogP contribution in [0, 0.1) is 23.2 Å². The van der Waals surface area contributed by atoms with Crippen molar-refractivity contribution in [1.29, 1.82) is 0 Å². The second-order valence-electron chi connectivity index (χ2n) is 9.23. The summed E-state index contributed by atoms with van der Waals surface area (Å²) < 4.78 is 5.60. The molecule has 4 fully saturated rings. The summed E-state index contributed by atoms with van der Waals surface area (Å²) in [6, 6.07) is 7.77. The number of aryl methyl sites for hydroxylation is 1. The number of rotatable bonds is 7. The number of hydrogen-bond donors (Lipinski definition) is 2. The van der Waals surface area contributed by atoms with Gasteiger partial charge in [-0.3, -0.25) is 20.4 Å². The average Bonchev–Trinajstić information content (AvgIpc) is 2.64. The monoisotopic (exact) mass is 384 g/mol. The van der Waals surface area contributed by atoms with E-state index in [0.29, 0.717) is 25.9 Å². The zero-order valence-corrected chi connectivity index (χ0v) is 16.8. The van der Waals surface area contributed by atoms with Gasteiger partial charge in [-0.05, 0) is 86.7 Å². The van der Waals surface area contributed by atoms with Crippen LogP contribution in [-0.4, -0.2) is 18.4 Å². The van der Waals surface area contributed by atoms with Crippen LogP contribution in [0.15, 0.2) is 24.3 Å². The Bertz CT molecular complexity index is 695. The molecule has 0 radical (unpaired) electrons. The lowest BCUT2D eigenvalue weighted by Gasteiger charge is -2.56. The SMILES string of the molecule is CCOc1ccccc1CCC(=O)NNC(=O)CC12CC3CC(CC(C3)C1)C2. The van der Waals surface area contributed by atoms with Crippen LogP contribution in [0.2, 0.25) is 0 Å². The third kappa shape index (κ3) is 4.34. The van der Waals surface area contributed by atoms with E-state index in [1.807, 2.05) is 31.2 Å². The molecule has 4 bridgehead atoms. The summed E-state index contributed by atoms with van der Waals surface area (Å²) in [5, 5.41) is 0. The molecule has 4 saturated carbocycles. The van der Waals surface area contributed by atoms with Gasteiger partial charge in [0, 0.05) is 12.8 Å². The molecule has 0 heterocycles. The Balaban J connectivity index is 1.22. The summed E-state index contributed by atoms with van der Waals surface area (Å²) in [6.07, 6.45) is 9.21. The van der Waals surface area contributed by atoms with Crippen molar-refractivity contribution in [3.63, 3.8) is 0 Å². The van der Waals surface area contributed by atoms with E-state index in [9.17, 15) is 9.59 Å². The molecule has 0 saturated heterocycles. The molecule has 5 heteroatoms. The molecule has 152 valence electrons. The third-order valence-corrected chi connectivity index (χ3v) is 6.94. The number of nitrogens with one attached hydrogen (secondary N) is 2. The van der Waals surface area contributed by atoms with Crippen molar-refractivity contribution in [2.45, 2.75) is 64.7 Å². The molecule has 0 aromatic heterocycles. The quantitative estimate of drug-likeness (QED) is 0.703. The number of carbonyl (C=O) groups is 2. The maximum atomic E-state index is 12.5. The van der Waals surface area contributed by atoms with E-state index in [2.05, 4.69) is 10.9 Å². The lowest BCUT2D eigenvalue weighted by atomic mass is 9.49. The van der Waals surface area contributed by atoms with Crippen molar-refractivity contribution in [3.05, 3.63) is 29.8 Å². The summed E-state index contributed by atoms with van der Waals surface area (Å²) in [5.41, 5.74) is 6.48. The van der Waals surface area contributed by atoms with Crippen LogP contribution in [0.3, 0.4) is 0 Å². The molecular weight excluding hydrogens is 352 g/mol. The zero-order chi connectivity index (χ0) is 19.6. The largest absolute Gasteiger partial charge is 0.494 e. The zero-order valence-electron chi connectivity index (χ0n) is 16.8. The summed E-state index contributed by atoms with van der Waals surface area (Å²) in [4.78, 5) is 24.7. The minimum absolute atomic E-state index is 0.0370. The second kappa shape index (κ2) is 8.14. The molecule has 2 N–H and O–H groups in total. The normalized spacial score (nSPS) is 30.1. The fourth-order valence-electron chi connectivity index (χ4n) is 6.35. The Hall–Kier alpha value is -2.04. The number of hydrazine groups is 1. The lowest BCUT2D eigenvalue weighted by Crippen LogP contribution is -2.50. The number of para-hydroxylation sites is 1. The molecule has 1 aromatic carbocycles. The Morgan fingerprint density at radius 2 is 1.61 bits per heavy atom. The van der Waals surface area contributed by atoms with Crippen molar-refractivity contribution >= 4 is 11.8 Å². The fourth-order valence-corrected chi connectivity index (χ4v) is 6.35. The molecule has 0 atom stereocenters. The van der Waals surface area contributed by atoms with Crippen LogP contribution in [-0.2, 0) is 16.0 Å². The minimum Gasteiger partial charge on any atom is -0.494 e. The van der Waals surface area contributed by atoms with Crippen molar-refractivity contribution in [2.24, 2.45) is 23.2 Å². The second-order valence-corrected chi connectivity index (χ2v) is 9.23. The third-order valence-electron chi connectivity index (χ3n) is 6.94. The molecule has 4 aliphatic rings. The van der Waals surface area contributed by atoms with Gasteiger partial charge < -0.3 is 4.74 Å². The maximum Gasteiger partial charge on any atom is 0.238 e. The molecular formula is C23H32N2O3. The summed E-state index contributed by atoms with van der Waals surface area (Å²) in [6.45, 7) is 2.55. The van der Waals surface area contributed by atoms with Gasteiger partial charge in [-0.1, -0.05) is 18.2 Å². The van der Waals surface area contributed by atoms with Crippen LogP contribution in [0.5, 0.6) is 5.75 Å². The van der Waals surface area contributed by atoms with Crippen molar-refractivity contribution in [1.82, 2.24) is 10.9 Å². The molecule has 2 amide bonds. The number of amides is 2. The van der Waals surface area contributed by atoms with Crippen molar-refractivity contribution in [2.75, 3.05) is 6.61 Å². The lowest BCUT2D eigenvalue weighted by molar-refractivity contribution is -0.134. The smallest absolute Gasteiger partial charge is 0.238 e. The van der Waals surface area contributed by atoms with Gasteiger partial charge in [0.25, 0.3) is 0 Å². The van der Waals surface area contributed by atoms with Crippen LogP contribution in [0.1, 0.15) is 63.9 Å². The Kier molecular flexibility index (Phi) is 5.61. The molecule has 28 heavy (non-hydrogen) atoms. The first-order valence-corrected chi connectivity index (χ1v) is 10.8. The van der Waals surface area contributed by atoms with E-state index in [-0.39, 0.29) is 17.2 Å². The van der Waals surface area contributed by atoms with E-state index < -0.39 is 0 Å². The van der Waals surface area contributed by atoms with Crippen molar-refractivity contribution < 1.29 is 14.3 Å². The highest BCUT2D eigenvalue weighted by Gasteiger charge is 2.51. The summed E-state index contributed by atoms with van der Waals surface area (Å²) in [7, 11) is 0. The van der Waals surface area contributed by atoms with Gasteiger partial charge in [0.1, 0.15) is 5.75 Å². The molecule has 0 spiro atoms. The fraction of sp³-hybridized carbons (Fsp3) is 0.652. The predicted molar refractivity (Wildman–Crippen MR) is 107 cm³/mol. The van der Waals surface area contributed by atoms with Gasteiger partial charge in [0.15, 0.2) is 0 Å². The van der Waals surface area contributed by atoms with E-state index >= 15 is 0 Å². The molecule has 0 aliphatic heterocycles. The van der Waals surface area contributed by atoms with E-state index in [1.54, 1.807) is 0 Å². The minimum atomic E-state index is -0.162. The summed E-state index contributed by atoms with van der Waals surface area (Å²) in [5.74, 6) is 3.12. The van der Waals surface area contributed by atoms with Gasteiger partial charge in [-0.15, -0.1) is 0 Å². The van der Waals surface area contributed by atoms with E-state index in [0.717, 1.165) is 29.1 Å². The molecule has 0 unspecified atom stereocenters. The van der Waals surface area contributed by atoms with Crippen LogP contribution in [0.25, 0.3) is 0 Å². The highest BCUT2D eigenvalue weighted by molar-refractivity contribution is 5.82. The molecule has 5 nitrogen and oxygen atoms in total. The van der Waals surface area contributed by atoms with Gasteiger partial charge in [0.05, 0.1) is 6.61 Å². The Morgan fingerprint density at radius 3 is 2.25 bits per heavy atom. The number of ether oxygens (including phenoxy) is 1. The van der Waals surface area contributed by atoms with Gasteiger partial charge in [0.2, 0.25) is 11.8 Å². The topological polar surface area (TPSA) is 67.4 Å². The van der Waals surface area contributed by atoms with Crippen LogP contribution >= 0.6 is 0 Å². The highest BCUT2D eigenvalue weighted by atomic mass is 16.5. The van der Waals surface area contributed by atoms with Gasteiger partial charge in [-0.25, -0.2) is 0 Å². The van der Waals surface area contributed by atoms with Gasteiger partial charge in [-0.2, -0.15) is 0 Å². The maximum absolute atomic E-state index is 12.5. The molecule has 5 rings (SSSR count). The molecule has 1 aromatic rings. The Labute approximate surface area is 167 Å². The number of hydrogen-bond acceptors (Lipinski definition) is 3. The first-order valence-electron chi connectivity index (χ1n) is 10.8. The summed E-state index contributed by atoms with van der Waals surface area (Å²) >= 11 is 0.